The van der Waals surface area contributed by atoms with Crippen LogP contribution in [-0.2, 0) is 14.3 Å². The van der Waals surface area contributed by atoms with Crippen LogP contribution in [0.1, 0.15) is 20.3 Å². The van der Waals surface area contributed by atoms with Crippen molar-refractivity contribution >= 4 is 17.5 Å². The van der Waals surface area contributed by atoms with Crippen LogP contribution in [0.15, 0.2) is 18.2 Å². The molecule has 0 unspecified atom stereocenters. The number of benzene rings is 1. The highest BCUT2D eigenvalue weighted by atomic mass is 16.5. The number of nitrogens with zero attached hydrogens (tertiary/aromatic N) is 2. The number of carbonyl (C=O) groups is 2. The van der Waals surface area contributed by atoms with E-state index in [-0.39, 0.29) is 36.4 Å². The van der Waals surface area contributed by atoms with Gasteiger partial charge in [0.25, 0.3) is 0 Å². The molecule has 0 N–H and O–H groups in total. The van der Waals surface area contributed by atoms with E-state index in [0.29, 0.717) is 36.8 Å². The van der Waals surface area contributed by atoms with Gasteiger partial charge in [-0.15, -0.1) is 0 Å². The maximum Gasteiger partial charge on any atom is 0.228 e. The molecule has 2 fully saturated rings. The smallest absolute Gasteiger partial charge is 0.228 e. The van der Waals surface area contributed by atoms with Crippen molar-refractivity contribution in [3.63, 3.8) is 0 Å². The molecule has 0 aromatic heterocycles. The van der Waals surface area contributed by atoms with Gasteiger partial charge in [-0.1, -0.05) is 0 Å². The lowest BCUT2D eigenvalue weighted by molar-refractivity contribution is -0.147. The summed E-state index contributed by atoms with van der Waals surface area (Å²) in [6.45, 7) is 5.43. The van der Waals surface area contributed by atoms with Crippen LogP contribution in [0.5, 0.6) is 11.5 Å². The molecule has 26 heavy (non-hydrogen) atoms. The highest BCUT2D eigenvalue weighted by Gasteiger charge is 2.39. The quantitative estimate of drug-likeness (QED) is 0.815. The first kappa shape index (κ1) is 18.5. The molecular formula is C19H26N2O5. The molecule has 7 heteroatoms. The van der Waals surface area contributed by atoms with Gasteiger partial charge >= 0.3 is 0 Å². The highest BCUT2D eigenvalue weighted by molar-refractivity contribution is 6.01. The van der Waals surface area contributed by atoms with Crippen molar-refractivity contribution in [3.05, 3.63) is 18.2 Å². The second-order valence-electron chi connectivity index (χ2n) is 6.94. The second kappa shape index (κ2) is 7.53. The lowest BCUT2D eigenvalue weighted by atomic mass is 10.1. The minimum Gasteiger partial charge on any atom is -0.497 e. The molecule has 0 bridgehead atoms. The van der Waals surface area contributed by atoms with Crippen LogP contribution < -0.4 is 14.4 Å². The lowest BCUT2D eigenvalue weighted by Gasteiger charge is -2.36. The van der Waals surface area contributed by atoms with E-state index < -0.39 is 0 Å². The Hall–Kier alpha value is -2.28. The van der Waals surface area contributed by atoms with Gasteiger partial charge in [0.2, 0.25) is 11.8 Å². The predicted molar refractivity (Wildman–Crippen MR) is 96.6 cm³/mol. The lowest BCUT2D eigenvalue weighted by Crippen LogP contribution is -2.50. The van der Waals surface area contributed by atoms with E-state index >= 15 is 0 Å². The Morgan fingerprint density at radius 1 is 1.12 bits per heavy atom. The van der Waals surface area contributed by atoms with E-state index in [2.05, 4.69) is 0 Å². The Balaban J connectivity index is 1.75. The number of carbonyl (C=O) groups excluding carboxylic acids is 2. The summed E-state index contributed by atoms with van der Waals surface area (Å²) in [5.41, 5.74) is 0.664. The molecular weight excluding hydrogens is 336 g/mol. The zero-order chi connectivity index (χ0) is 18.8. The number of anilines is 1. The van der Waals surface area contributed by atoms with Crippen LogP contribution in [0.25, 0.3) is 0 Å². The van der Waals surface area contributed by atoms with Crippen molar-refractivity contribution in [2.24, 2.45) is 5.92 Å². The Labute approximate surface area is 153 Å². The summed E-state index contributed by atoms with van der Waals surface area (Å²) in [6, 6.07) is 5.32. The molecule has 2 aliphatic heterocycles. The molecule has 142 valence electrons. The van der Waals surface area contributed by atoms with Crippen LogP contribution in [0.2, 0.25) is 0 Å². The van der Waals surface area contributed by atoms with Gasteiger partial charge in [-0.25, -0.2) is 0 Å². The van der Waals surface area contributed by atoms with Crippen molar-refractivity contribution in [3.8, 4) is 11.5 Å². The first-order valence-electron chi connectivity index (χ1n) is 8.89. The number of hydrogen-bond acceptors (Lipinski definition) is 5. The molecule has 0 aliphatic carbocycles. The summed E-state index contributed by atoms with van der Waals surface area (Å²) in [5, 5.41) is 0. The van der Waals surface area contributed by atoms with Crippen LogP contribution in [0.3, 0.4) is 0 Å². The standard InChI is InChI=1S/C19H26N2O5/c1-12-9-20(10-13(2)26-12)19(23)14-7-18(22)21(11-14)16-6-5-15(24-3)8-17(16)25-4/h5-6,8,12-14H,7,9-11H2,1-4H3/t12-,13-,14-/m0/s1. The molecule has 7 nitrogen and oxygen atoms in total. The second-order valence-corrected chi connectivity index (χ2v) is 6.94. The first-order chi connectivity index (χ1) is 12.4. The highest BCUT2D eigenvalue weighted by Crippen LogP contribution is 2.36. The summed E-state index contributed by atoms with van der Waals surface area (Å²) < 4.78 is 16.3. The average molecular weight is 362 g/mol. The Morgan fingerprint density at radius 2 is 1.81 bits per heavy atom. The topological polar surface area (TPSA) is 68.3 Å². The molecule has 0 saturated carbocycles. The largest absolute Gasteiger partial charge is 0.497 e. The van der Waals surface area contributed by atoms with Gasteiger partial charge in [0.1, 0.15) is 11.5 Å². The minimum atomic E-state index is -0.341. The Kier molecular flexibility index (Phi) is 5.36. The molecule has 2 aliphatic rings. The SMILES string of the molecule is COc1ccc(N2C[C@@H](C(=O)N3C[C@H](C)O[C@@H](C)C3)CC2=O)c(OC)c1. The molecule has 1 aromatic carbocycles. The van der Waals surface area contributed by atoms with Gasteiger partial charge in [0, 0.05) is 32.1 Å². The normalized spacial score (nSPS) is 26.2. The van der Waals surface area contributed by atoms with Crippen molar-refractivity contribution in [1.29, 1.82) is 0 Å². The summed E-state index contributed by atoms with van der Waals surface area (Å²) in [7, 11) is 3.13. The Morgan fingerprint density at radius 3 is 2.42 bits per heavy atom. The number of ether oxygens (including phenoxy) is 3. The molecule has 1 aromatic rings. The van der Waals surface area contributed by atoms with E-state index in [4.69, 9.17) is 14.2 Å². The summed E-state index contributed by atoms with van der Waals surface area (Å²) in [6.07, 6.45) is 0.240. The van der Waals surface area contributed by atoms with Gasteiger partial charge in [0.05, 0.1) is 38.0 Å². The van der Waals surface area contributed by atoms with Gasteiger partial charge in [-0.3, -0.25) is 9.59 Å². The van der Waals surface area contributed by atoms with Gasteiger partial charge in [-0.2, -0.15) is 0 Å². The zero-order valence-corrected chi connectivity index (χ0v) is 15.7. The fourth-order valence-electron chi connectivity index (χ4n) is 3.73. The average Bonchev–Trinajstić information content (AvgIpc) is 3.01. The third kappa shape index (κ3) is 3.62. The molecule has 2 heterocycles. The molecule has 2 saturated heterocycles. The van der Waals surface area contributed by atoms with Crippen molar-refractivity contribution in [2.75, 3.05) is 38.8 Å². The van der Waals surface area contributed by atoms with E-state index in [0.717, 1.165) is 0 Å². The molecule has 0 spiro atoms. The predicted octanol–water partition coefficient (Wildman–Crippen LogP) is 1.69. The number of morpholine rings is 1. The number of amides is 2. The van der Waals surface area contributed by atoms with Crippen molar-refractivity contribution < 1.29 is 23.8 Å². The number of methoxy groups -OCH3 is 2. The van der Waals surface area contributed by atoms with Gasteiger partial charge in [0.15, 0.2) is 0 Å². The fourth-order valence-corrected chi connectivity index (χ4v) is 3.73. The maximum atomic E-state index is 12.9. The van der Waals surface area contributed by atoms with Gasteiger partial charge in [-0.05, 0) is 26.0 Å². The third-order valence-electron chi connectivity index (χ3n) is 4.88. The van der Waals surface area contributed by atoms with Crippen LogP contribution >= 0.6 is 0 Å². The van der Waals surface area contributed by atoms with E-state index in [1.807, 2.05) is 18.7 Å². The van der Waals surface area contributed by atoms with Crippen molar-refractivity contribution in [1.82, 2.24) is 4.90 Å². The van der Waals surface area contributed by atoms with E-state index in [1.165, 1.54) is 0 Å². The first-order valence-corrected chi connectivity index (χ1v) is 8.89. The molecule has 3 atom stereocenters. The van der Waals surface area contributed by atoms with Gasteiger partial charge < -0.3 is 24.0 Å². The van der Waals surface area contributed by atoms with Crippen LogP contribution in [0.4, 0.5) is 5.69 Å². The third-order valence-corrected chi connectivity index (χ3v) is 4.88. The van der Waals surface area contributed by atoms with Crippen LogP contribution in [-0.4, -0.2) is 62.8 Å². The molecule has 0 radical (unpaired) electrons. The molecule has 3 rings (SSSR count). The minimum absolute atomic E-state index is 0.0117. The number of hydrogen-bond donors (Lipinski definition) is 0. The summed E-state index contributed by atoms with van der Waals surface area (Å²) in [4.78, 5) is 28.9. The molecule has 2 amide bonds. The monoisotopic (exact) mass is 362 g/mol. The van der Waals surface area contributed by atoms with E-state index in [9.17, 15) is 9.59 Å². The maximum absolute atomic E-state index is 12.9. The zero-order valence-electron chi connectivity index (χ0n) is 15.7. The summed E-state index contributed by atoms with van der Waals surface area (Å²) >= 11 is 0. The summed E-state index contributed by atoms with van der Waals surface area (Å²) in [5.74, 6) is 0.823. The Bertz CT molecular complexity index is 683. The fraction of sp³-hybridized carbons (Fsp3) is 0.579. The number of rotatable bonds is 4. The van der Waals surface area contributed by atoms with Crippen LogP contribution in [0, 0.1) is 5.92 Å². The van der Waals surface area contributed by atoms with Crippen molar-refractivity contribution in [2.45, 2.75) is 32.5 Å². The van der Waals surface area contributed by atoms with E-state index in [1.54, 1.807) is 37.3 Å².